The van der Waals surface area contributed by atoms with E-state index in [-0.39, 0.29) is 5.69 Å². The van der Waals surface area contributed by atoms with Gasteiger partial charge >= 0.3 is 12.1 Å². The third-order valence-corrected chi connectivity index (χ3v) is 2.84. The van der Waals surface area contributed by atoms with Gasteiger partial charge in [-0.2, -0.15) is 0 Å². The zero-order valence-electron chi connectivity index (χ0n) is 11.7. The predicted octanol–water partition coefficient (Wildman–Crippen LogP) is 1.03. The third kappa shape index (κ3) is 3.69. The summed E-state index contributed by atoms with van der Waals surface area (Å²) in [5.74, 6) is -1.12. The Bertz CT molecular complexity index is 528. The average Bonchev–Trinajstić information content (AvgIpc) is 2.84. The van der Waals surface area contributed by atoms with Crippen LogP contribution in [0.5, 0.6) is 0 Å². The summed E-state index contributed by atoms with van der Waals surface area (Å²) in [6, 6.07) is 0. The van der Waals surface area contributed by atoms with Crippen molar-refractivity contribution < 1.29 is 19.4 Å². The maximum Gasteiger partial charge on any atom is 0.408 e. The molecule has 1 saturated carbocycles. The van der Waals surface area contributed by atoms with E-state index in [2.05, 4.69) is 15.6 Å². The molecule has 110 valence electrons. The Hall–Kier alpha value is -2.12. The molecular formula is C12H18N4O4. The summed E-state index contributed by atoms with van der Waals surface area (Å²) in [5, 5.41) is 18.9. The topological polar surface area (TPSA) is 106 Å². The summed E-state index contributed by atoms with van der Waals surface area (Å²) in [6.45, 7) is 5.76. The lowest BCUT2D eigenvalue weighted by Crippen LogP contribution is -2.43. The SMILES string of the molecule is CC(C)(C)OC(=O)NC1(Cn2cc(C(=O)O)nn2)CC1. The van der Waals surface area contributed by atoms with E-state index in [1.165, 1.54) is 10.9 Å². The molecule has 0 saturated heterocycles. The fraction of sp³-hybridized carbons (Fsp3) is 0.667. The molecule has 0 aromatic carbocycles. The van der Waals surface area contributed by atoms with Crippen molar-refractivity contribution in [2.75, 3.05) is 0 Å². The average molecular weight is 282 g/mol. The highest BCUT2D eigenvalue weighted by Gasteiger charge is 2.45. The minimum Gasteiger partial charge on any atom is -0.476 e. The molecule has 0 aliphatic heterocycles. The Morgan fingerprint density at radius 1 is 1.50 bits per heavy atom. The van der Waals surface area contributed by atoms with Crippen molar-refractivity contribution in [3.05, 3.63) is 11.9 Å². The molecule has 0 radical (unpaired) electrons. The molecule has 1 heterocycles. The van der Waals surface area contributed by atoms with Crippen LogP contribution in [-0.4, -0.2) is 43.3 Å². The van der Waals surface area contributed by atoms with E-state index in [9.17, 15) is 9.59 Å². The Labute approximate surface area is 116 Å². The largest absolute Gasteiger partial charge is 0.476 e. The molecule has 1 aromatic heterocycles. The van der Waals surface area contributed by atoms with Crippen molar-refractivity contribution in [1.82, 2.24) is 20.3 Å². The summed E-state index contributed by atoms with van der Waals surface area (Å²) < 4.78 is 6.63. The summed E-state index contributed by atoms with van der Waals surface area (Å²) in [7, 11) is 0. The van der Waals surface area contributed by atoms with Crippen LogP contribution in [0.3, 0.4) is 0 Å². The molecule has 1 aliphatic rings. The van der Waals surface area contributed by atoms with Crippen molar-refractivity contribution in [3.8, 4) is 0 Å². The van der Waals surface area contributed by atoms with Gasteiger partial charge in [-0.25, -0.2) is 14.3 Å². The first-order valence-electron chi connectivity index (χ1n) is 6.34. The molecule has 1 aliphatic carbocycles. The van der Waals surface area contributed by atoms with Crippen molar-refractivity contribution in [1.29, 1.82) is 0 Å². The van der Waals surface area contributed by atoms with Crippen LogP contribution in [0.25, 0.3) is 0 Å². The lowest BCUT2D eigenvalue weighted by molar-refractivity contribution is 0.0488. The summed E-state index contributed by atoms with van der Waals surface area (Å²) in [5.41, 5.74) is -1.08. The number of hydrogen-bond acceptors (Lipinski definition) is 5. The van der Waals surface area contributed by atoms with Gasteiger partial charge in [0.25, 0.3) is 0 Å². The van der Waals surface area contributed by atoms with Crippen LogP contribution in [0, 0.1) is 0 Å². The summed E-state index contributed by atoms with van der Waals surface area (Å²) in [4.78, 5) is 22.5. The zero-order valence-corrected chi connectivity index (χ0v) is 11.7. The first-order chi connectivity index (χ1) is 9.19. The molecule has 2 rings (SSSR count). The van der Waals surface area contributed by atoms with Crippen LogP contribution < -0.4 is 5.32 Å². The number of aromatic carboxylic acids is 1. The Kier molecular flexibility index (Phi) is 3.41. The van der Waals surface area contributed by atoms with Gasteiger partial charge in [-0.1, -0.05) is 5.21 Å². The minimum absolute atomic E-state index is 0.113. The first kappa shape index (κ1) is 14.3. The van der Waals surface area contributed by atoms with Gasteiger partial charge < -0.3 is 15.2 Å². The molecule has 8 nitrogen and oxygen atoms in total. The van der Waals surface area contributed by atoms with Gasteiger partial charge in [0.1, 0.15) is 5.60 Å². The number of rotatable bonds is 4. The second-order valence-electron chi connectivity index (χ2n) is 6.01. The Morgan fingerprint density at radius 3 is 2.60 bits per heavy atom. The molecule has 1 fully saturated rings. The highest BCUT2D eigenvalue weighted by Crippen LogP contribution is 2.37. The molecule has 20 heavy (non-hydrogen) atoms. The molecule has 8 heteroatoms. The number of hydrogen-bond donors (Lipinski definition) is 2. The number of nitrogens with one attached hydrogen (secondary N) is 1. The monoisotopic (exact) mass is 282 g/mol. The van der Waals surface area contributed by atoms with Gasteiger partial charge in [0, 0.05) is 0 Å². The van der Waals surface area contributed by atoms with Gasteiger partial charge in [0.05, 0.1) is 18.3 Å². The molecule has 0 spiro atoms. The fourth-order valence-corrected chi connectivity index (χ4v) is 1.78. The fourth-order valence-electron chi connectivity index (χ4n) is 1.78. The number of carbonyl (C=O) groups excluding carboxylic acids is 1. The van der Waals surface area contributed by atoms with Gasteiger partial charge in [-0.3, -0.25) is 0 Å². The van der Waals surface area contributed by atoms with Crippen molar-refractivity contribution >= 4 is 12.1 Å². The van der Waals surface area contributed by atoms with Crippen LogP contribution in [0.15, 0.2) is 6.20 Å². The maximum absolute atomic E-state index is 11.7. The molecule has 2 N–H and O–H groups in total. The van der Waals surface area contributed by atoms with Crippen LogP contribution in [-0.2, 0) is 11.3 Å². The summed E-state index contributed by atoms with van der Waals surface area (Å²) in [6.07, 6.45) is 2.47. The molecule has 1 aromatic rings. The zero-order chi connectivity index (χ0) is 15.0. The van der Waals surface area contributed by atoms with Crippen LogP contribution >= 0.6 is 0 Å². The van der Waals surface area contributed by atoms with Crippen molar-refractivity contribution in [2.45, 2.75) is 51.3 Å². The van der Waals surface area contributed by atoms with E-state index in [0.717, 1.165) is 12.8 Å². The Balaban J connectivity index is 1.94. The van der Waals surface area contributed by atoms with E-state index < -0.39 is 23.2 Å². The highest BCUT2D eigenvalue weighted by atomic mass is 16.6. The van der Waals surface area contributed by atoms with E-state index in [1.54, 1.807) is 20.8 Å². The lowest BCUT2D eigenvalue weighted by atomic mass is 10.2. The number of ether oxygens (including phenoxy) is 1. The quantitative estimate of drug-likeness (QED) is 0.854. The van der Waals surface area contributed by atoms with Gasteiger partial charge in [0.2, 0.25) is 0 Å². The Morgan fingerprint density at radius 2 is 2.15 bits per heavy atom. The van der Waals surface area contributed by atoms with Crippen molar-refractivity contribution in [2.24, 2.45) is 0 Å². The smallest absolute Gasteiger partial charge is 0.408 e. The van der Waals surface area contributed by atoms with E-state index in [1.807, 2.05) is 0 Å². The number of amides is 1. The first-order valence-corrected chi connectivity index (χ1v) is 6.34. The van der Waals surface area contributed by atoms with Crippen molar-refractivity contribution in [3.63, 3.8) is 0 Å². The molecular weight excluding hydrogens is 264 g/mol. The number of alkyl carbamates (subject to hydrolysis) is 1. The van der Waals surface area contributed by atoms with E-state index >= 15 is 0 Å². The second-order valence-corrected chi connectivity index (χ2v) is 6.01. The second kappa shape index (κ2) is 4.77. The molecule has 0 unspecified atom stereocenters. The summed E-state index contributed by atoms with van der Waals surface area (Å²) >= 11 is 0. The van der Waals surface area contributed by atoms with E-state index in [4.69, 9.17) is 9.84 Å². The highest BCUT2D eigenvalue weighted by molar-refractivity contribution is 5.84. The lowest BCUT2D eigenvalue weighted by Gasteiger charge is -2.23. The van der Waals surface area contributed by atoms with Crippen LogP contribution in [0.2, 0.25) is 0 Å². The number of nitrogens with zero attached hydrogens (tertiary/aromatic N) is 3. The van der Waals surface area contributed by atoms with Gasteiger partial charge in [-0.05, 0) is 33.6 Å². The number of carboxylic acid groups (broad SMARTS) is 1. The van der Waals surface area contributed by atoms with Crippen LogP contribution in [0.1, 0.15) is 44.1 Å². The number of carboxylic acids is 1. The predicted molar refractivity (Wildman–Crippen MR) is 68.3 cm³/mol. The third-order valence-electron chi connectivity index (χ3n) is 2.84. The minimum atomic E-state index is -1.12. The van der Waals surface area contributed by atoms with Gasteiger partial charge in [0.15, 0.2) is 5.69 Å². The standard InChI is InChI=1S/C12H18N4O4/c1-11(2,3)20-10(19)13-12(4-5-12)7-16-6-8(9(17)18)14-15-16/h6H,4-5,7H2,1-3H3,(H,13,19)(H,17,18). The number of aromatic nitrogens is 3. The number of carbonyl (C=O) groups is 2. The van der Waals surface area contributed by atoms with E-state index in [0.29, 0.717) is 6.54 Å². The molecule has 0 bridgehead atoms. The van der Waals surface area contributed by atoms with Crippen LogP contribution in [0.4, 0.5) is 4.79 Å². The molecule has 1 amide bonds. The van der Waals surface area contributed by atoms with Gasteiger partial charge in [-0.15, -0.1) is 5.10 Å². The molecule has 0 atom stereocenters. The maximum atomic E-state index is 11.7. The normalized spacial score (nSPS) is 16.6.